The highest BCUT2D eigenvalue weighted by Gasteiger charge is 2.08. The van der Waals surface area contributed by atoms with Crippen LogP contribution in [0.5, 0.6) is 0 Å². The lowest BCUT2D eigenvalue weighted by Crippen LogP contribution is -1.92. The molecule has 33 heavy (non-hydrogen) atoms. The number of unbranched alkanes of at least 4 members (excludes halogenated alkanes) is 5. The fourth-order valence-electron chi connectivity index (χ4n) is 3.54. The Kier molecular flexibility index (Phi) is 9.29. The van der Waals surface area contributed by atoms with Gasteiger partial charge in [-0.3, -0.25) is 0 Å². The zero-order valence-electron chi connectivity index (χ0n) is 19.5. The molecule has 0 spiro atoms. The predicted molar refractivity (Wildman–Crippen MR) is 133 cm³/mol. The van der Waals surface area contributed by atoms with Crippen molar-refractivity contribution in [2.75, 3.05) is 0 Å². The van der Waals surface area contributed by atoms with Crippen molar-refractivity contribution in [3.8, 4) is 23.7 Å². The van der Waals surface area contributed by atoms with E-state index in [9.17, 15) is 8.78 Å². The van der Waals surface area contributed by atoms with Crippen molar-refractivity contribution in [3.63, 3.8) is 0 Å². The van der Waals surface area contributed by atoms with Crippen LogP contribution in [0.25, 0.3) is 0 Å². The summed E-state index contributed by atoms with van der Waals surface area (Å²) >= 11 is 0. The lowest BCUT2D eigenvalue weighted by Gasteiger charge is -2.02. The Labute approximate surface area is 197 Å². The zero-order valence-corrected chi connectivity index (χ0v) is 19.5. The molecule has 168 valence electrons. The van der Waals surface area contributed by atoms with Crippen molar-refractivity contribution in [1.82, 2.24) is 0 Å². The van der Waals surface area contributed by atoms with Crippen LogP contribution in [0, 0.1) is 42.2 Å². The van der Waals surface area contributed by atoms with Crippen molar-refractivity contribution in [2.24, 2.45) is 0 Å². The maximum absolute atomic E-state index is 14.5. The van der Waals surface area contributed by atoms with Gasteiger partial charge in [-0.05, 0) is 61.7 Å². The van der Waals surface area contributed by atoms with E-state index in [-0.39, 0.29) is 5.56 Å². The predicted octanol–water partition coefficient (Wildman–Crippen LogP) is 7.98. The number of halogens is 2. The molecule has 0 atom stereocenters. The second-order valence-corrected chi connectivity index (χ2v) is 8.40. The van der Waals surface area contributed by atoms with Gasteiger partial charge in [0.15, 0.2) is 0 Å². The van der Waals surface area contributed by atoms with Crippen LogP contribution in [0.2, 0.25) is 0 Å². The van der Waals surface area contributed by atoms with E-state index in [0.717, 1.165) is 17.5 Å². The van der Waals surface area contributed by atoms with Crippen LogP contribution >= 0.6 is 0 Å². The minimum absolute atomic E-state index is 0.236. The number of rotatable bonds is 7. The van der Waals surface area contributed by atoms with Crippen LogP contribution in [-0.4, -0.2) is 0 Å². The van der Waals surface area contributed by atoms with E-state index in [1.165, 1.54) is 56.2 Å². The maximum Gasteiger partial charge on any atom is 0.143 e. The Bertz CT molecular complexity index is 1140. The third-order valence-electron chi connectivity index (χ3n) is 5.55. The SMILES string of the molecule is CCCCCCCCc1ccc(C#Cc2cc(F)c(C#Cc3ccc(C)cc3)c(F)c2)cc1. The summed E-state index contributed by atoms with van der Waals surface area (Å²) < 4.78 is 28.9. The normalized spacial score (nSPS) is 10.2. The molecule has 0 unspecified atom stereocenters. The zero-order chi connectivity index (χ0) is 23.5. The summed E-state index contributed by atoms with van der Waals surface area (Å²) in [6.45, 7) is 4.20. The monoisotopic (exact) mass is 440 g/mol. The average Bonchev–Trinajstić information content (AvgIpc) is 2.81. The second-order valence-electron chi connectivity index (χ2n) is 8.40. The largest absolute Gasteiger partial charge is 0.205 e. The number of hydrogen-bond donors (Lipinski definition) is 0. The summed E-state index contributed by atoms with van der Waals surface area (Å²) in [5.41, 5.74) is 3.99. The molecule has 0 bridgehead atoms. The molecule has 0 saturated carbocycles. The van der Waals surface area contributed by atoms with Gasteiger partial charge in [0, 0.05) is 16.7 Å². The Hall–Kier alpha value is -3.36. The van der Waals surface area contributed by atoms with Gasteiger partial charge in [0.25, 0.3) is 0 Å². The minimum atomic E-state index is -0.701. The topological polar surface area (TPSA) is 0 Å². The highest BCUT2D eigenvalue weighted by molar-refractivity contribution is 5.49. The third-order valence-corrected chi connectivity index (χ3v) is 5.55. The van der Waals surface area contributed by atoms with E-state index < -0.39 is 11.6 Å². The molecule has 0 aliphatic rings. The molecule has 0 nitrogen and oxygen atoms in total. The summed E-state index contributed by atoms with van der Waals surface area (Å²) in [5, 5.41) is 0. The molecule has 0 heterocycles. The lowest BCUT2D eigenvalue weighted by atomic mass is 10.0. The molecule has 0 saturated heterocycles. The van der Waals surface area contributed by atoms with Gasteiger partial charge in [0.05, 0.1) is 5.56 Å². The maximum atomic E-state index is 14.5. The highest BCUT2D eigenvalue weighted by Crippen LogP contribution is 2.15. The van der Waals surface area contributed by atoms with E-state index in [2.05, 4.69) is 42.7 Å². The number of hydrogen-bond acceptors (Lipinski definition) is 0. The second kappa shape index (κ2) is 12.6. The summed E-state index contributed by atoms with van der Waals surface area (Å²) in [6.07, 6.45) is 8.77. The minimum Gasteiger partial charge on any atom is -0.205 e. The molecule has 0 fully saturated rings. The molecule has 0 aliphatic carbocycles. The molecule has 0 N–H and O–H groups in total. The molecule has 3 aromatic carbocycles. The highest BCUT2D eigenvalue weighted by atomic mass is 19.1. The molecule has 3 rings (SSSR count). The summed E-state index contributed by atoms with van der Waals surface area (Å²) in [7, 11) is 0. The summed E-state index contributed by atoms with van der Waals surface area (Å²) in [6, 6.07) is 18.1. The Balaban J connectivity index is 1.62. The van der Waals surface area contributed by atoms with Crippen LogP contribution in [-0.2, 0) is 6.42 Å². The molecule has 3 aromatic rings. The standard InChI is InChI=1S/C31H30F2/c1-3-4-5-6-7-8-9-25-14-16-27(17-15-25)18-19-28-22-30(32)29(31(33)23-28)21-20-26-12-10-24(2)11-13-26/h10-17,22-23H,3-9H2,1-2H3. The first-order chi connectivity index (χ1) is 16.0. The van der Waals surface area contributed by atoms with Gasteiger partial charge in [-0.2, -0.15) is 0 Å². The smallest absolute Gasteiger partial charge is 0.143 e. The first-order valence-electron chi connectivity index (χ1n) is 11.7. The van der Waals surface area contributed by atoms with E-state index in [0.29, 0.717) is 11.1 Å². The van der Waals surface area contributed by atoms with Crippen molar-refractivity contribution in [3.05, 3.63) is 106 Å². The summed E-state index contributed by atoms with van der Waals surface area (Å²) in [4.78, 5) is 0. The summed E-state index contributed by atoms with van der Waals surface area (Å²) in [5.74, 6) is 9.88. The Morgan fingerprint density at radius 2 is 1.12 bits per heavy atom. The van der Waals surface area contributed by atoms with Crippen molar-refractivity contribution >= 4 is 0 Å². The van der Waals surface area contributed by atoms with Crippen molar-refractivity contribution < 1.29 is 8.78 Å². The molecule has 0 amide bonds. The quantitative estimate of drug-likeness (QED) is 0.258. The van der Waals surface area contributed by atoms with Crippen molar-refractivity contribution in [1.29, 1.82) is 0 Å². The van der Waals surface area contributed by atoms with Crippen LogP contribution < -0.4 is 0 Å². The Morgan fingerprint density at radius 3 is 1.76 bits per heavy atom. The van der Waals surface area contributed by atoms with Crippen molar-refractivity contribution in [2.45, 2.75) is 58.8 Å². The van der Waals surface area contributed by atoms with Gasteiger partial charge < -0.3 is 0 Å². The fourth-order valence-corrected chi connectivity index (χ4v) is 3.54. The van der Waals surface area contributed by atoms with E-state index in [1.54, 1.807) is 0 Å². The fraction of sp³-hybridized carbons (Fsp3) is 0.290. The van der Waals surface area contributed by atoms with E-state index in [4.69, 9.17) is 0 Å². The van der Waals surface area contributed by atoms with Gasteiger partial charge in [0.1, 0.15) is 11.6 Å². The average molecular weight is 441 g/mol. The third kappa shape index (κ3) is 7.93. The van der Waals surface area contributed by atoms with E-state index in [1.807, 2.05) is 43.3 Å². The first-order valence-corrected chi connectivity index (χ1v) is 11.7. The van der Waals surface area contributed by atoms with Crippen LogP contribution in [0.4, 0.5) is 8.78 Å². The number of aryl methyl sites for hydroxylation is 2. The molecule has 0 aliphatic heterocycles. The molecule has 0 radical (unpaired) electrons. The van der Waals surface area contributed by atoms with Gasteiger partial charge in [0.2, 0.25) is 0 Å². The van der Waals surface area contributed by atoms with E-state index >= 15 is 0 Å². The van der Waals surface area contributed by atoms with Crippen LogP contribution in [0.1, 0.15) is 78.8 Å². The molecule has 0 aromatic heterocycles. The van der Waals surface area contributed by atoms with Crippen LogP contribution in [0.3, 0.4) is 0 Å². The Morgan fingerprint density at radius 1 is 0.606 bits per heavy atom. The van der Waals surface area contributed by atoms with Gasteiger partial charge >= 0.3 is 0 Å². The molecular formula is C31H30F2. The molecular weight excluding hydrogens is 410 g/mol. The van der Waals surface area contributed by atoms with Crippen LogP contribution in [0.15, 0.2) is 60.7 Å². The lowest BCUT2D eigenvalue weighted by molar-refractivity contribution is 0.577. The number of benzene rings is 3. The molecule has 2 heteroatoms. The first kappa shape index (κ1) is 24.3. The van der Waals surface area contributed by atoms with Gasteiger partial charge in [-0.1, -0.05) is 92.5 Å². The van der Waals surface area contributed by atoms with Gasteiger partial charge in [-0.15, -0.1) is 0 Å². The van der Waals surface area contributed by atoms with Gasteiger partial charge in [-0.25, -0.2) is 8.78 Å².